The predicted molar refractivity (Wildman–Crippen MR) is 92.2 cm³/mol. The lowest BCUT2D eigenvalue weighted by molar-refractivity contribution is 1.17. The fraction of sp³-hybridized carbons (Fsp3) is 0. The van der Waals surface area contributed by atoms with E-state index in [1.54, 1.807) is 42.6 Å². The minimum absolute atomic E-state index is 0.454. The molecule has 0 radical (unpaired) electrons. The van der Waals surface area contributed by atoms with Crippen LogP contribution in [0.25, 0.3) is 11.3 Å². The third-order valence-corrected chi connectivity index (χ3v) is 3.86. The average Bonchev–Trinajstić information content (AvgIpc) is 2.50. The Balaban J connectivity index is 1.94. The van der Waals surface area contributed by atoms with Gasteiger partial charge in [-0.3, -0.25) is 0 Å². The fourth-order valence-corrected chi connectivity index (χ4v) is 2.68. The predicted octanol–water partition coefficient (Wildman–Crippen LogP) is 5.85. The summed E-state index contributed by atoms with van der Waals surface area (Å²) in [6, 6.07) is 14.4. The van der Waals surface area contributed by atoms with Crippen molar-refractivity contribution in [3.05, 3.63) is 69.8 Å². The van der Waals surface area contributed by atoms with E-state index in [2.05, 4.69) is 15.3 Å². The summed E-state index contributed by atoms with van der Waals surface area (Å²) >= 11 is 18.3. The average molecular weight is 351 g/mol. The third kappa shape index (κ3) is 3.33. The molecule has 3 aromatic rings. The number of hydrogen-bond acceptors (Lipinski definition) is 3. The molecule has 3 nitrogen and oxygen atoms in total. The molecule has 0 aliphatic carbocycles. The zero-order chi connectivity index (χ0) is 15.5. The molecule has 3 rings (SSSR count). The molecule has 1 heterocycles. The molecule has 0 saturated carbocycles. The van der Waals surface area contributed by atoms with Crippen LogP contribution in [-0.4, -0.2) is 9.97 Å². The highest BCUT2D eigenvalue weighted by Gasteiger charge is 2.10. The Morgan fingerprint density at radius 3 is 2.18 bits per heavy atom. The molecule has 0 aliphatic heterocycles. The molecule has 0 saturated heterocycles. The van der Waals surface area contributed by atoms with Crippen LogP contribution in [0.4, 0.5) is 11.6 Å². The maximum absolute atomic E-state index is 6.21. The van der Waals surface area contributed by atoms with Crippen LogP contribution >= 0.6 is 34.8 Å². The van der Waals surface area contributed by atoms with Crippen molar-refractivity contribution in [3.63, 3.8) is 0 Å². The number of nitrogens with one attached hydrogen (secondary N) is 1. The summed E-state index contributed by atoms with van der Waals surface area (Å²) in [6.07, 6.45) is 1.65. The minimum Gasteiger partial charge on any atom is -0.324 e. The van der Waals surface area contributed by atoms with Crippen molar-refractivity contribution < 1.29 is 0 Å². The second-order valence-corrected chi connectivity index (χ2v) is 5.74. The van der Waals surface area contributed by atoms with Gasteiger partial charge in [-0.25, -0.2) is 9.97 Å². The Morgan fingerprint density at radius 2 is 1.50 bits per heavy atom. The summed E-state index contributed by atoms with van der Waals surface area (Å²) in [6.45, 7) is 0. The number of hydrogen-bond donors (Lipinski definition) is 1. The Morgan fingerprint density at radius 1 is 0.818 bits per heavy atom. The standard InChI is InChI=1S/C16H10Cl3N3/c17-10-4-6-11(7-5-10)21-16-20-9-8-14(22-16)15-12(18)2-1-3-13(15)19/h1-9H,(H,20,21,22). The Labute approximate surface area is 142 Å². The van der Waals surface area contributed by atoms with Gasteiger partial charge in [0.2, 0.25) is 5.95 Å². The van der Waals surface area contributed by atoms with Gasteiger partial charge in [-0.2, -0.15) is 0 Å². The molecule has 6 heteroatoms. The van der Waals surface area contributed by atoms with Crippen LogP contribution in [0, 0.1) is 0 Å². The Bertz CT molecular complexity index is 784. The van der Waals surface area contributed by atoms with Gasteiger partial charge in [0.05, 0.1) is 15.7 Å². The highest BCUT2D eigenvalue weighted by molar-refractivity contribution is 6.39. The maximum Gasteiger partial charge on any atom is 0.227 e. The molecular formula is C16H10Cl3N3. The summed E-state index contributed by atoms with van der Waals surface area (Å²) in [7, 11) is 0. The number of benzene rings is 2. The van der Waals surface area contributed by atoms with Crippen LogP contribution < -0.4 is 5.32 Å². The lowest BCUT2D eigenvalue weighted by Gasteiger charge is -2.09. The van der Waals surface area contributed by atoms with Crippen molar-refractivity contribution in [2.24, 2.45) is 0 Å². The number of rotatable bonds is 3. The van der Waals surface area contributed by atoms with E-state index in [1.165, 1.54) is 0 Å². The van der Waals surface area contributed by atoms with Gasteiger partial charge in [-0.1, -0.05) is 40.9 Å². The molecule has 0 fully saturated rings. The molecule has 1 aromatic heterocycles. The molecule has 0 bridgehead atoms. The van der Waals surface area contributed by atoms with Gasteiger partial charge >= 0.3 is 0 Å². The van der Waals surface area contributed by atoms with Gasteiger partial charge < -0.3 is 5.32 Å². The van der Waals surface area contributed by atoms with Gasteiger partial charge in [0, 0.05) is 22.5 Å². The smallest absolute Gasteiger partial charge is 0.227 e. The van der Waals surface area contributed by atoms with E-state index < -0.39 is 0 Å². The van der Waals surface area contributed by atoms with E-state index in [1.807, 2.05) is 12.1 Å². The topological polar surface area (TPSA) is 37.8 Å². The normalized spacial score (nSPS) is 10.5. The molecule has 0 unspecified atom stereocenters. The van der Waals surface area contributed by atoms with Gasteiger partial charge in [0.15, 0.2) is 0 Å². The van der Waals surface area contributed by atoms with Gasteiger partial charge in [0.1, 0.15) is 0 Å². The molecule has 22 heavy (non-hydrogen) atoms. The third-order valence-electron chi connectivity index (χ3n) is 2.97. The summed E-state index contributed by atoms with van der Waals surface area (Å²) in [4.78, 5) is 8.66. The van der Waals surface area contributed by atoms with Crippen molar-refractivity contribution in [1.82, 2.24) is 9.97 Å². The van der Waals surface area contributed by atoms with Crippen LogP contribution in [0.2, 0.25) is 15.1 Å². The highest BCUT2D eigenvalue weighted by atomic mass is 35.5. The van der Waals surface area contributed by atoms with Gasteiger partial charge in [-0.15, -0.1) is 0 Å². The first-order chi connectivity index (χ1) is 10.6. The summed E-state index contributed by atoms with van der Waals surface area (Å²) in [5.74, 6) is 0.454. The highest BCUT2D eigenvalue weighted by Crippen LogP contribution is 2.33. The minimum atomic E-state index is 0.454. The van der Waals surface area contributed by atoms with E-state index in [0.717, 1.165) is 5.69 Å². The van der Waals surface area contributed by atoms with E-state index >= 15 is 0 Å². The molecule has 0 amide bonds. The van der Waals surface area contributed by atoms with Crippen molar-refractivity contribution in [2.75, 3.05) is 5.32 Å². The van der Waals surface area contributed by atoms with E-state index in [9.17, 15) is 0 Å². The summed E-state index contributed by atoms with van der Waals surface area (Å²) < 4.78 is 0. The van der Waals surface area contributed by atoms with E-state index in [-0.39, 0.29) is 0 Å². The zero-order valence-corrected chi connectivity index (χ0v) is 13.5. The van der Waals surface area contributed by atoms with Crippen molar-refractivity contribution in [2.45, 2.75) is 0 Å². The number of aromatic nitrogens is 2. The van der Waals surface area contributed by atoms with Crippen LogP contribution in [0.3, 0.4) is 0 Å². The summed E-state index contributed by atoms with van der Waals surface area (Å²) in [5, 5.41) is 4.87. The molecule has 2 aromatic carbocycles. The van der Waals surface area contributed by atoms with Crippen molar-refractivity contribution >= 4 is 46.4 Å². The Kier molecular flexibility index (Phi) is 4.48. The lowest BCUT2D eigenvalue weighted by atomic mass is 10.1. The van der Waals surface area contributed by atoms with Gasteiger partial charge in [-0.05, 0) is 42.5 Å². The first-order valence-electron chi connectivity index (χ1n) is 6.43. The van der Waals surface area contributed by atoms with Crippen molar-refractivity contribution in [1.29, 1.82) is 0 Å². The first kappa shape index (κ1) is 15.1. The van der Waals surface area contributed by atoms with Crippen LogP contribution in [-0.2, 0) is 0 Å². The maximum atomic E-state index is 6.21. The molecule has 0 spiro atoms. The van der Waals surface area contributed by atoms with Crippen LogP contribution in [0.1, 0.15) is 0 Å². The summed E-state index contributed by atoms with van der Waals surface area (Å²) in [5.41, 5.74) is 2.18. The van der Waals surface area contributed by atoms with Gasteiger partial charge in [0.25, 0.3) is 0 Å². The number of anilines is 2. The van der Waals surface area contributed by atoms with E-state index in [0.29, 0.717) is 32.3 Å². The molecule has 0 atom stereocenters. The molecule has 110 valence electrons. The number of nitrogens with zero attached hydrogens (tertiary/aromatic N) is 2. The van der Waals surface area contributed by atoms with Crippen molar-refractivity contribution in [3.8, 4) is 11.3 Å². The first-order valence-corrected chi connectivity index (χ1v) is 7.57. The zero-order valence-electron chi connectivity index (χ0n) is 11.2. The second kappa shape index (κ2) is 6.53. The Hall–Kier alpha value is -1.81. The molecule has 0 aliphatic rings. The lowest BCUT2D eigenvalue weighted by Crippen LogP contribution is -1.98. The monoisotopic (exact) mass is 349 g/mol. The SMILES string of the molecule is Clc1ccc(Nc2nccc(-c3c(Cl)cccc3Cl)n2)cc1. The quantitative estimate of drug-likeness (QED) is 0.644. The molecule has 1 N–H and O–H groups in total. The largest absolute Gasteiger partial charge is 0.324 e. The van der Waals surface area contributed by atoms with E-state index in [4.69, 9.17) is 34.8 Å². The van der Waals surface area contributed by atoms with Crippen LogP contribution in [0.15, 0.2) is 54.7 Å². The molecular weight excluding hydrogens is 341 g/mol. The second-order valence-electron chi connectivity index (χ2n) is 4.49. The van der Waals surface area contributed by atoms with Crippen LogP contribution in [0.5, 0.6) is 0 Å². The number of halogens is 3. The fourth-order valence-electron chi connectivity index (χ4n) is 1.96.